The normalized spacial score (nSPS) is 11.7. The van der Waals surface area contributed by atoms with E-state index in [-0.39, 0.29) is 17.9 Å². The van der Waals surface area contributed by atoms with E-state index in [1.807, 2.05) is 38.3 Å². The fourth-order valence-corrected chi connectivity index (χ4v) is 3.09. The standard InChI is InChI=1S/C17H22N4O2S/c1-10-7-14(8-11(2)15(10)20-13(4)22)21-17(23)19-9-12(3)16-18-5-6-24-16/h5-8,12H,9H2,1-4H3,(H,20,22)(H2,19,21,23)/t12-/m0/s1. The number of nitrogens with one attached hydrogen (secondary N) is 3. The summed E-state index contributed by atoms with van der Waals surface area (Å²) in [6.45, 7) is 7.80. The molecule has 1 atom stereocenters. The first kappa shape index (κ1) is 17.9. The zero-order chi connectivity index (χ0) is 17.7. The van der Waals surface area contributed by atoms with Gasteiger partial charge in [0, 0.05) is 42.3 Å². The van der Waals surface area contributed by atoms with Crippen LogP contribution in [0.4, 0.5) is 16.2 Å². The predicted octanol–water partition coefficient (Wildman–Crippen LogP) is 3.64. The molecule has 6 nitrogen and oxygen atoms in total. The van der Waals surface area contributed by atoms with Crippen LogP contribution in [0, 0.1) is 13.8 Å². The van der Waals surface area contributed by atoms with Crippen LogP contribution in [-0.4, -0.2) is 23.5 Å². The molecule has 1 aromatic heterocycles. The fraction of sp³-hybridized carbons (Fsp3) is 0.353. The van der Waals surface area contributed by atoms with Crippen molar-refractivity contribution < 1.29 is 9.59 Å². The molecular formula is C17H22N4O2S. The maximum absolute atomic E-state index is 12.1. The van der Waals surface area contributed by atoms with Crippen LogP contribution in [0.15, 0.2) is 23.7 Å². The maximum atomic E-state index is 12.1. The number of nitrogens with zero attached hydrogens (tertiary/aromatic N) is 1. The molecule has 128 valence electrons. The highest BCUT2D eigenvalue weighted by molar-refractivity contribution is 7.09. The molecule has 1 heterocycles. The molecule has 0 saturated heterocycles. The lowest BCUT2D eigenvalue weighted by Gasteiger charge is -2.15. The van der Waals surface area contributed by atoms with Crippen LogP contribution >= 0.6 is 11.3 Å². The second-order valence-corrected chi connectivity index (χ2v) is 6.70. The van der Waals surface area contributed by atoms with Crippen LogP contribution in [-0.2, 0) is 4.79 Å². The molecule has 0 spiro atoms. The quantitative estimate of drug-likeness (QED) is 0.773. The minimum absolute atomic E-state index is 0.115. The van der Waals surface area contributed by atoms with Crippen LogP contribution in [0.5, 0.6) is 0 Å². The van der Waals surface area contributed by atoms with Crippen molar-refractivity contribution in [3.8, 4) is 0 Å². The minimum Gasteiger partial charge on any atom is -0.337 e. The second kappa shape index (κ2) is 7.92. The van der Waals surface area contributed by atoms with Crippen LogP contribution in [0.3, 0.4) is 0 Å². The largest absolute Gasteiger partial charge is 0.337 e. The molecule has 2 rings (SSSR count). The smallest absolute Gasteiger partial charge is 0.319 e. The van der Waals surface area contributed by atoms with Crippen molar-refractivity contribution in [3.05, 3.63) is 39.8 Å². The first-order valence-electron chi connectivity index (χ1n) is 7.70. The number of aryl methyl sites for hydroxylation is 2. The summed E-state index contributed by atoms with van der Waals surface area (Å²) >= 11 is 1.58. The zero-order valence-electron chi connectivity index (χ0n) is 14.3. The predicted molar refractivity (Wildman–Crippen MR) is 97.8 cm³/mol. The molecule has 3 amide bonds. The zero-order valence-corrected chi connectivity index (χ0v) is 15.1. The molecule has 7 heteroatoms. The monoisotopic (exact) mass is 346 g/mol. The summed E-state index contributed by atoms with van der Waals surface area (Å²) in [5, 5.41) is 11.4. The van der Waals surface area contributed by atoms with Gasteiger partial charge in [0.1, 0.15) is 0 Å². The molecular weight excluding hydrogens is 324 g/mol. The highest BCUT2D eigenvalue weighted by Gasteiger charge is 2.11. The van der Waals surface area contributed by atoms with E-state index in [9.17, 15) is 9.59 Å². The van der Waals surface area contributed by atoms with Crippen molar-refractivity contribution in [1.82, 2.24) is 10.3 Å². The van der Waals surface area contributed by atoms with E-state index in [1.165, 1.54) is 6.92 Å². The van der Waals surface area contributed by atoms with Gasteiger partial charge in [-0.25, -0.2) is 9.78 Å². The van der Waals surface area contributed by atoms with Crippen molar-refractivity contribution in [2.24, 2.45) is 0 Å². The Balaban J connectivity index is 1.95. The number of anilines is 2. The van der Waals surface area contributed by atoms with Gasteiger partial charge in [0.25, 0.3) is 0 Å². The number of carbonyl (C=O) groups is 2. The Kier molecular flexibility index (Phi) is 5.92. The van der Waals surface area contributed by atoms with Crippen LogP contribution in [0.1, 0.15) is 35.9 Å². The molecule has 0 aliphatic carbocycles. The fourth-order valence-electron chi connectivity index (χ4n) is 2.40. The number of hydrogen-bond donors (Lipinski definition) is 3. The number of aromatic nitrogens is 1. The van der Waals surface area contributed by atoms with Gasteiger partial charge < -0.3 is 16.0 Å². The average Bonchev–Trinajstić information content (AvgIpc) is 3.03. The number of thiazole rings is 1. The van der Waals surface area contributed by atoms with Crippen molar-refractivity contribution in [2.75, 3.05) is 17.2 Å². The van der Waals surface area contributed by atoms with E-state index in [0.29, 0.717) is 12.2 Å². The molecule has 0 fully saturated rings. The van der Waals surface area contributed by atoms with E-state index < -0.39 is 0 Å². The summed E-state index contributed by atoms with van der Waals surface area (Å²) in [6.07, 6.45) is 1.76. The number of amides is 3. The van der Waals surface area contributed by atoms with Crippen molar-refractivity contribution in [3.63, 3.8) is 0 Å². The van der Waals surface area contributed by atoms with Gasteiger partial charge >= 0.3 is 6.03 Å². The van der Waals surface area contributed by atoms with Crippen LogP contribution in [0.25, 0.3) is 0 Å². The lowest BCUT2D eigenvalue weighted by Crippen LogP contribution is -2.31. The van der Waals surface area contributed by atoms with E-state index in [0.717, 1.165) is 21.8 Å². The third-order valence-corrected chi connectivity index (χ3v) is 4.54. The molecule has 3 N–H and O–H groups in total. The van der Waals surface area contributed by atoms with E-state index >= 15 is 0 Å². The number of rotatable bonds is 5. The number of urea groups is 1. The van der Waals surface area contributed by atoms with Gasteiger partial charge in [0.05, 0.1) is 5.01 Å². The molecule has 2 aromatic rings. The Bertz CT molecular complexity index is 705. The van der Waals surface area contributed by atoms with Gasteiger partial charge in [-0.3, -0.25) is 4.79 Å². The van der Waals surface area contributed by atoms with Gasteiger partial charge in [-0.15, -0.1) is 11.3 Å². The van der Waals surface area contributed by atoms with Crippen molar-refractivity contribution in [1.29, 1.82) is 0 Å². The van der Waals surface area contributed by atoms with E-state index in [2.05, 4.69) is 20.9 Å². The maximum Gasteiger partial charge on any atom is 0.319 e. The highest BCUT2D eigenvalue weighted by atomic mass is 32.1. The molecule has 0 aliphatic rings. The molecule has 24 heavy (non-hydrogen) atoms. The Morgan fingerprint density at radius 3 is 2.42 bits per heavy atom. The third kappa shape index (κ3) is 4.79. The van der Waals surface area contributed by atoms with Gasteiger partial charge in [-0.05, 0) is 37.1 Å². The number of carbonyl (C=O) groups excluding carboxylic acids is 2. The van der Waals surface area contributed by atoms with E-state index in [4.69, 9.17) is 0 Å². The summed E-state index contributed by atoms with van der Waals surface area (Å²) in [4.78, 5) is 27.5. The highest BCUT2D eigenvalue weighted by Crippen LogP contribution is 2.25. The van der Waals surface area contributed by atoms with Crippen LogP contribution in [0.2, 0.25) is 0 Å². The minimum atomic E-state index is -0.260. The Hall–Kier alpha value is -2.41. The number of benzene rings is 1. The molecule has 0 aliphatic heterocycles. The van der Waals surface area contributed by atoms with Gasteiger partial charge in [0.15, 0.2) is 0 Å². The first-order valence-corrected chi connectivity index (χ1v) is 8.58. The van der Waals surface area contributed by atoms with E-state index in [1.54, 1.807) is 17.5 Å². The summed E-state index contributed by atoms with van der Waals surface area (Å²) < 4.78 is 0. The summed E-state index contributed by atoms with van der Waals surface area (Å²) in [6, 6.07) is 3.41. The summed E-state index contributed by atoms with van der Waals surface area (Å²) in [5.41, 5.74) is 3.28. The van der Waals surface area contributed by atoms with Gasteiger partial charge in [-0.2, -0.15) is 0 Å². The molecule has 0 bridgehead atoms. The summed E-state index contributed by atoms with van der Waals surface area (Å²) in [7, 11) is 0. The lowest BCUT2D eigenvalue weighted by atomic mass is 10.1. The molecule has 0 radical (unpaired) electrons. The first-order chi connectivity index (χ1) is 11.4. The molecule has 1 aromatic carbocycles. The van der Waals surface area contributed by atoms with Gasteiger partial charge in [0.2, 0.25) is 5.91 Å². The average molecular weight is 346 g/mol. The molecule has 0 unspecified atom stereocenters. The second-order valence-electron chi connectivity index (χ2n) is 5.77. The van der Waals surface area contributed by atoms with Crippen molar-refractivity contribution >= 4 is 34.6 Å². The van der Waals surface area contributed by atoms with Crippen LogP contribution < -0.4 is 16.0 Å². The SMILES string of the molecule is CC(=O)Nc1c(C)cc(NC(=O)NC[C@H](C)c2nccs2)cc1C. The number of hydrogen-bond acceptors (Lipinski definition) is 4. The van der Waals surface area contributed by atoms with Crippen molar-refractivity contribution in [2.45, 2.75) is 33.6 Å². The Labute approximate surface area is 145 Å². The lowest BCUT2D eigenvalue weighted by molar-refractivity contribution is -0.114. The Morgan fingerprint density at radius 2 is 1.88 bits per heavy atom. The summed E-state index contributed by atoms with van der Waals surface area (Å²) in [5.74, 6) is 0.0530. The topological polar surface area (TPSA) is 83.1 Å². The third-order valence-electron chi connectivity index (χ3n) is 3.53. The Morgan fingerprint density at radius 1 is 1.21 bits per heavy atom. The van der Waals surface area contributed by atoms with Gasteiger partial charge in [-0.1, -0.05) is 6.92 Å². The molecule has 0 saturated carbocycles.